The molecular weight excluding hydrogens is 941 g/mol. The summed E-state index contributed by atoms with van der Waals surface area (Å²) in [6, 6.07) is 5.48. The molecule has 5 aromatic rings. The van der Waals surface area contributed by atoms with E-state index in [1.807, 2.05) is 5.32 Å². The normalized spacial score (nSPS) is 12.7. The molecule has 0 saturated heterocycles. The van der Waals surface area contributed by atoms with Crippen molar-refractivity contribution in [3.8, 4) is 5.75 Å². The molecule has 26 nitrogen and oxygen atoms in total. The van der Waals surface area contributed by atoms with E-state index in [-0.39, 0.29) is 11.2 Å². The second kappa shape index (κ2) is 16.2. The number of phenols is 1. The number of nitrogens with one attached hydrogen (secondary N) is 3. The zero-order chi connectivity index (χ0) is 45.8. The Hall–Kier alpha value is -5.94. The van der Waals surface area contributed by atoms with Crippen LogP contribution in [-0.4, -0.2) is 98.7 Å². The Bertz CT molecular complexity index is 3360. The van der Waals surface area contributed by atoms with Gasteiger partial charge in [-0.1, -0.05) is 0 Å². The Labute approximate surface area is 348 Å². The van der Waals surface area contributed by atoms with Gasteiger partial charge in [-0.25, -0.2) is 0 Å². The van der Waals surface area contributed by atoms with Crippen molar-refractivity contribution in [1.82, 2.24) is 15.0 Å². The molecule has 0 bridgehead atoms. The van der Waals surface area contributed by atoms with Gasteiger partial charge < -0.3 is 26.8 Å². The zero-order valence-electron chi connectivity index (χ0n) is 29.7. The van der Waals surface area contributed by atoms with E-state index in [9.17, 15) is 74.8 Å². The number of hydrogen-bond acceptors (Lipinski definition) is 20. The van der Waals surface area contributed by atoms with Crippen LogP contribution in [-0.2, 0) is 55.4 Å². The first kappa shape index (κ1) is 46.1. The largest absolute Gasteiger partial charge is 0.507 e. The van der Waals surface area contributed by atoms with Gasteiger partial charge in [0.2, 0.25) is 23.1 Å². The van der Waals surface area contributed by atoms with Crippen molar-refractivity contribution in [3.05, 3.63) is 65.9 Å². The minimum Gasteiger partial charge on any atom is -0.507 e. The highest BCUT2D eigenvalue weighted by molar-refractivity contribution is 7.87. The number of fused-ring (bicyclic) bond motifs is 1. The molecular formula is C28H23BClN9O17S5. The van der Waals surface area contributed by atoms with E-state index in [0.29, 0.717) is 36.4 Å². The average Bonchev–Trinajstić information content (AvgIpc) is 3.09. The number of rotatable bonds is 13. The third kappa shape index (κ3) is 10.5. The number of nitrogens with zero attached hydrogens (tertiary/aromatic N) is 5. The third-order valence-corrected chi connectivity index (χ3v) is 12.2. The predicted molar refractivity (Wildman–Crippen MR) is 214 cm³/mol. The molecule has 0 aliphatic heterocycles. The number of nitrogens with two attached hydrogens (primary N) is 1. The standard InChI is InChI=1S/C28H23BClN9O17S5/c1-10(29)25(41)33-15-8-20(60(51,52)53)16(9-19(15)59(48,49)50)34-28-36-26(30)35-27(37-28)32-12-2-3-14(18(6-12)58(45,46)47)38-39-24-22-11(5-21(23(24)31)61(54,55)56)4-13(7-17(22)40)57(42,43)44/h2-9,40H,1,29,31H2,(H,33,41)(H,42,43,44)(H,45,46,47)(H,48,49,50)(H,51,52,53)(H,54,55,56)(H2,32,34,35,36,37)/b39-38+. The van der Waals surface area contributed by atoms with E-state index >= 15 is 0 Å². The molecule has 1 heterocycles. The topological polar surface area (TPSA) is 435 Å². The number of hydrogen-bond donors (Lipinski definition) is 10. The lowest BCUT2D eigenvalue weighted by Crippen LogP contribution is -2.17. The molecule has 0 radical (unpaired) electrons. The Kier molecular flexibility index (Phi) is 12.2. The monoisotopic (exact) mass is 963 g/mol. The lowest BCUT2D eigenvalue weighted by molar-refractivity contribution is -0.112. The van der Waals surface area contributed by atoms with Crippen molar-refractivity contribution in [2.75, 3.05) is 21.7 Å². The molecule has 0 atom stereocenters. The van der Waals surface area contributed by atoms with E-state index in [0.717, 1.165) is 12.1 Å². The Morgan fingerprint density at radius 2 is 1.23 bits per heavy atom. The van der Waals surface area contributed by atoms with Gasteiger partial charge in [-0.15, -0.1) is 16.8 Å². The van der Waals surface area contributed by atoms with E-state index in [2.05, 4.69) is 42.4 Å². The highest BCUT2D eigenvalue weighted by Crippen LogP contribution is 2.44. The van der Waals surface area contributed by atoms with Gasteiger partial charge in [-0.3, -0.25) is 27.6 Å². The summed E-state index contributed by atoms with van der Waals surface area (Å²) in [5.74, 6) is -3.20. The van der Waals surface area contributed by atoms with Crippen LogP contribution < -0.4 is 21.7 Å². The second-order valence-corrected chi connectivity index (χ2v) is 19.3. The average molecular weight is 964 g/mol. The van der Waals surface area contributed by atoms with Crippen LogP contribution in [0, 0.1) is 0 Å². The molecule has 1 amide bonds. The molecule has 33 heteroatoms. The quantitative estimate of drug-likeness (QED) is 0.0266. The first-order chi connectivity index (χ1) is 27.8. The molecule has 4 aromatic carbocycles. The molecule has 61 heavy (non-hydrogen) atoms. The van der Waals surface area contributed by atoms with Crippen molar-refractivity contribution in [3.63, 3.8) is 0 Å². The second-order valence-electron chi connectivity index (χ2n) is 12.0. The molecule has 0 aliphatic rings. The van der Waals surface area contributed by atoms with Crippen LogP contribution in [0.25, 0.3) is 10.8 Å². The van der Waals surface area contributed by atoms with Gasteiger partial charge in [0, 0.05) is 11.8 Å². The fraction of sp³-hybridized carbons (Fsp3) is 0. The molecule has 5 rings (SSSR count). The number of azo groups is 1. The van der Waals surface area contributed by atoms with E-state index in [1.54, 1.807) is 0 Å². The summed E-state index contributed by atoms with van der Waals surface area (Å²) in [7, 11) is -24.7. The van der Waals surface area contributed by atoms with Crippen molar-refractivity contribution < 1.29 is 74.8 Å². The van der Waals surface area contributed by atoms with Crippen LogP contribution in [0.4, 0.5) is 46.0 Å². The lowest BCUT2D eigenvalue weighted by Gasteiger charge is -2.16. The van der Waals surface area contributed by atoms with Crippen LogP contribution >= 0.6 is 11.6 Å². The lowest BCUT2D eigenvalue weighted by atomic mass is 9.97. The summed E-state index contributed by atoms with van der Waals surface area (Å²) in [5, 5.41) is 23.2. The molecule has 322 valence electrons. The van der Waals surface area contributed by atoms with Crippen molar-refractivity contribution in [1.29, 1.82) is 0 Å². The first-order valence-corrected chi connectivity index (χ1v) is 23.1. The number of nitrogen functional groups attached to an aromatic ring is 1. The number of carbonyl (C=O) groups is 1. The molecule has 0 spiro atoms. The maximum absolute atomic E-state index is 12.5. The van der Waals surface area contributed by atoms with E-state index in [1.165, 1.54) is 7.85 Å². The SMILES string of the molecule is BC(=C)C(=O)Nc1cc(S(=O)(=O)O)c(Nc2nc(Cl)nc(Nc3ccc(/N=N/c4c(N)c(S(=O)(=O)O)cc5cc(S(=O)(=O)O)cc(O)c45)c(S(=O)(=O)O)c3)n2)cc1S(=O)(=O)O. The summed E-state index contributed by atoms with van der Waals surface area (Å²) in [6.45, 7) is 3.35. The minimum absolute atomic E-state index is 0.162. The maximum Gasteiger partial charge on any atom is 0.296 e. The number of carbonyl (C=O) groups excluding carboxylic acids is 1. The number of aromatic hydroxyl groups is 1. The van der Waals surface area contributed by atoms with Crippen LogP contribution in [0.5, 0.6) is 5.75 Å². The Balaban J connectivity index is 1.58. The highest BCUT2D eigenvalue weighted by atomic mass is 35.5. The Morgan fingerprint density at radius 1 is 0.689 bits per heavy atom. The number of benzene rings is 4. The van der Waals surface area contributed by atoms with Gasteiger partial charge in [0.1, 0.15) is 44.6 Å². The first-order valence-electron chi connectivity index (χ1n) is 15.5. The van der Waals surface area contributed by atoms with Gasteiger partial charge >= 0.3 is 0 Å². The van der Waals surface area contributed by atoms with Crippen LogP contribution in [0.3, 0.4) is 0 Å². The maximum atomic E-state index is 12.5. The summed E-state index contributed by atoms with van der Waals surface area (Å²) in [4.78, 5) is 18.4. The third-order valence-electron chi connectivity index (χ3n) is 7.62. The van der Waals surface area contributed by atoms with Gasteiger partial charge in [0.05, 0.1) is 27.3 Å². The van der Waals surface area contributed by atoms with Crippen molar-refractivity contribution in [2.24, 2.45) is 10.2 Å². The number of amides is 1. The van der Waals surface area contributed by atoms with Crippen LogP contribution in [0.1, 0.15) is 0 Å². The number of aromatic nitrogens is 3. The minimum atomic E-state index is -5.26. The van der Waals surface area contributed by atoms with Crippen molar-refractivity contribution >= 4 is 133 Å². The van der Waals surface area contributed by atoms with Gasteiger partial charge in [-0.2, -0.15) is 57.0 Å². The fourth-order valence-corrected chi connectivity index (χ4v) is 8.34. The number of phenolic OH excluding ortho intramolecular Hbond substituents is 1. The Morgan fingerprint density at radius 3 is 1.77 bits per heavy atom. The molecule has 0 aliphatic carbocycles. The summed E-state index contributed by atoms with van der Waals surface area (Å²) < 4.78 is 171. The summed E-state index contributed by atoms with van der Waals surface area (Å²) in [6.07, 6.45) is 0. The predicted octanol–water partition coefficient (Wildman–Crippen LogP) is 2.19. The van der Waals surface area contributed by atoms with Crippen LogP contribution in [0.15, 0.2) is 95.3 Å². The highest BCUT2D eigenvalue weighted by Gasteiger charge is 2.28. The fourth-order valence-electron chi connectivity index (χ4n) is 5.04. The number of halogens is 1. The molecule has 0 fully saturated rings. The van der Waals surface area contributed by atoms with E-state index in [4.69, 9.17) is 17.3 Å². The molecule has 0 saturated carbocycles. The number of anilines is 6. The molecule has 0 unspecified atom stereocenters. The van der Waals surface area contributed by atoms with Crippen LogP contribution in [0.2, 0.25) is 5.28 Å². The van der Waals surface area contributed by atoms with Gasteiger partial charge in [0.25, 0.3) is 50.6 Å². The summed E-state index contributed by atoms with van der Waals surface area (Å²) in [5.41, 5.74) is 1.53. The smallest absolute Gasteiger partial charge is 0.296 e. The molecule has 11 N–H and O–H groups in total. The van der Waals surface area contributed by atoms with E-state index < -0.39 is 143 Å². The summed E-state index contributed by atoms with van der Waals surface area (Å²) >= 11 is 6.00. The van der Waals surface area contributed by atoms with Crippen molar-refractivity contribution in [2.45, 2.75) is 24.5 Å². The van der Waals surface area contributed by atoms with Gasteiger partial charge in [-0.05, 0) is 64.9 Å². The zero-order valence-corrected chi connectivity index (χ0v) is 34.6. The molecule has 1 aromatic heterocycles. The van der Waals surface area contributed by atoms with Gasteiger partial charge in [0.15, 0.2) is 0 Å².